The highest BCUT2D eigenvalue weighted by molar-refractivity contribution is 9.10. The van der Waals surface area contributed by atoms with Crippen LogP contribution in [0.3, 0.4) is 0 Å². The fourth-order valence-electron chi connectivity index (χ4n) is 1.95. The van der Waals surface area contributed by atoms with Crippen molar-refractivity contribution in [2.24, 2.45) is 0 Å². The monoisotopic (exact) mass is 347 g/mol. The number of nitrogen functional groups attached to an aromatic ring is 1. The predicted octanol–water partition coefficient (Wildman–Crippen LogP) is 3.18. The molecule has 0 bridgehead atoms. The number of halogens is 1. The molecule has 5 nitrogen and oxygen atoms in total. The molecule has 2 rings (SSSR count). The van der Waals surface area contributed by atoms with Crippen molar-refractivity contribution in [2.45, 2.75) is 13.0 Å². The van der Waals surface area contributed by atoms with Gasteiger partial charge < -0.3 is 15.1 Å². The van der Waals surface area contributed by atoms with Crippen molar-refractivity contribution in [2.75, 3.05) is 12.3 Å². The van der Waals surface area contributed by atoms with Crippen LogP contribution in [0.5, 0.6) is 0 Å². The molecule has 1 aromatic heterocycles. The highest BCUT2D eigenvalue weighted by Crippen LogP contribution is 2.19. The molecule has 0 fully saturated rings. The lowest BCUT2D eigenvalue weighted by Crippen LogP contribution is -2.31. The number of hydrogen-bond acceptors (Lipinski definition) is 4. The van der Waals surface area contributed by atoms with Gasteiger partial charge in [-0.25, -0.2) is 0 Å². The molecule has 1 heterocycles. The Balaban J connectivity index is 2.22. The number of nitriles is 1. The number of rotatable bonds is 5. The first-order chi connectivity index (χ1) is 10.1. The summed E-state index contributed by atoms with van der Waals surface area (Å²) < 4.78 is 6.01. The van der Waals surface area contributed by atoms with E-state index in [1.54, 1.807) is 41.5 Å². The van der Waals surface area contributed by atoms with Crippen LogP contribution in [-0.2, 0) is 6.54 Å². The van der Waals surface area contributed by atoms with Gasteiger partial charge in [0.25, 0.3) is 5.91 Å². The highest BCUT2D eigenvalue weighted by atomic mass is 79.9. The van der Waals surface area contributed by atoms with Crippen molar-refractivity contribution in [3.8, 4) is 6.07 Å². The molecule has 1 aromatic carbocycles. The predicted molar refractivity (Wildman–Crippen MR) is 82.2 cm³/mol. The van der Waals surface area contributed by atoms with Crippen LogP contribution < -0.4 is 5.73 Å². The van der Waals surface area contributed by atoms with Gasteiger partial charge in [-0.15, -0.1) is 0 Å². The second-order valence-electron chi connectivity index (χ2n) is 4.49. The van der Waals surface area contributed by atoms with Gasteiger partial charge in [-0.1, -0.05) is 15.9 Å². The lowest BCUT2D eigenvalue weighted by molar-refractivity contribution is 0.0735. The van der Waals surface area contributed by atoms with E-state index in [0.717, 1.165) is 4.47 Å². The first-order valence-corrected chi connectivity index (χ1v) is 7.14. The van der Waals surface area contributed by atoms with Crippen LogP contribution in [0.25, 0.3) is 0 Å². The maximum Gasteiger partial charge on any atom is 0.254 e. The molecule has 0 saturated heterocycles. The third-order valence-electron chi connectivity index (χ3n) is 2.87. The number of nitrogens with zero attached hydrogens (tertiary/aromatic N) is 2. The van der Waals surface area contributed by atoms with Gasteiger partial charge in [-0.3, -0.25) is 4.79 Å². The minimum Gasteiger partial charge on any atom is -0.467 e. The summed E-state index contributed by atoms with van der Waals surface area (Å²) in [6, 6.07) is 10.7. The van der Waals surface area contributed by atoms with Crippen LogP contribution in [0.15, 0.2) is 45.5 Å². The van der Waals surface area contributed by atoms with E-state index in [-0.39, 0.29) is 12.3 Å². The molecule has 0 radical (unpaired) electrons. The quantitative estimate of drug-likeness (QED) is 0.841. The second kappa shape index (κ2) is 6.95. The molecule has 6 heteroatoms. The van der Waals surface area contributed by atoms with Crippen molar-refractivity contribution in [3.63, 3.8) is 0 Å². The molecular weight excluding hydrogens is 334 g/mol. The molecule has 0 spiro atoms. The van der Waals surface area contributed by atoms with Crippen LogP contribution in [0.4, 0.5) is 5.69 Å². The highest BCUT2D eigenvalue weighted by Gasteiger charge is 2.17. The molecule has 1 amide bonds. The van der Waals surface area contributed by atoms with Crippen LogP contribution in [0, 0.1) is 11.3 Å². The van der Waals surface area contributed by atoms with Gasteiger partial charge in [-0.2, -0.15) is 5.26 Å². The SMILES string of the molecule is N#CCCN(Cc1ccco1)C(=O)c1cc(N)cc(Br)c1. The largest absolute Gasteiger partial charge is 0.467 e. The average Bonchev–Trinajstić information content (AvgIpc) is 2.94. The second-order valence-corrected chi connectivity index (χ2v) is 5.40. The summed E-state index contributed by atoms with van der Waals surface area (Å²) in [6.45, 7) is 0.655. The molecule has 108 valence electrons. The van der Waals surface area contributed by atoms with Gasteiger partial charge in [0.15, 0.2) is 0 Å². The number of nitrogens with two attached hydrogens (primary N) is 1. The van der Waals surface area contributed by atoms with E-state index in [0.29, 0.717) is 30.1 Å². The molecule has 0 aliphatic carbocycles. The lowest BCUT2D eigenvalue weighted by Gasteiger charge is -2.21. The van der Waals surface area contributed by atoms with Gasteiger partial charge in [0, 0.05) is 22.3 Å². The van der Waals surface area contributed by atoms with Crippen LogP contribution in [0.1, 0.15) is 22.5 Å². The Morgan fingerprint density at radius 1 is 1.43 bits per heavy atom. The summed E-state index contributed by atoms with van der Waals surface area (Å²) >= 11 is 3.32. The smallest absolute Gasteiger partial charge is 0.254 e. The summed E-state index contributed by atoms with van der Waals surface area (Å²) in [5, 5.41) is 8.74. The average molecular weight is 348 g/mol. The number of benzene rings is 1. The Morgan fingerprint density at radius 2 is 2.24 bits per heavy atom. The molecule has 0 aliphatic rings. The van der Waals surface area contributed by atoms with E-state index in [2.05, 4.69) is 15.9 Å². The number of carbonyl (C=O) groups is 1. The number of hydrogen-bond donors (Lipinski definition) is 1. The summed E-state index contributed by atoms with van der Waals surface area (Å²) in [5.74, 6) is 0.485. The number of carbonyl (C=O) groups excluding carboxylic acids is 1. The normalized spacial score (nSPS) is 10.1. The van der Waals surface area contributed by atoms with Crippen molar-refractivity contribution >= 4 is 27.5 Å². The molecular formula is C15H14BrN3O2. The lowest BCUT2D eigenvalue weighted by atomic mass is 10.1. The van der Waals surface area contributed by atoms with Crippen LogP contribution in [0.2, 0.25) is 0 Å². The zero-order valence-electron chi connectivity index (χ0n) is 11.3. The van der Waals surface area contributed by atoms with E-state index < -0.39 is 0 Å². The number of amides is 1. The first kappa shape index (κ1) is 15.1. The Bertz CT molecular complexity index is 642. The maximum atomic E-state index is 12.6. The van der Waals surface area contributed by atoms with Gasteiger partial charge in [-0.05, 0) is 30.3 Å². The minimum absolute atomic E-state index is 0.186. The van der Waals surface area contributed by atoms with Gasteiger partial charge in [0.2, 0.25) is 0 Å². The Hall–Kier alpha value is -2.26. The molecule has 2 aromatic rings. The fraction of sp³-hybridized carbons (Fsp3) is 0.200. The summed E-state index contributed by atoms with van der Waals surface area (Å²) in [5.41, 5.74) is 6.75. The number of anilines is 1. The summed E-state index contributed by atoms with van der Waals surface area (Å²) in [6.07, 6.45) is 1.81. The van der Waals surface area contributed by atoms with E-state index in [1.165, 1.54) is 0 Å². The third-order valence-corrected chi connectivity index (χ3v) is 3.33. The van der Waals surface area contributed by atoms with Gasteiger partial charge in [0.05, 0.1) is 25.3 Å². The third kappa shape index (κ3) is 4.10. The zero-order valence-corrected chi connectivity index (χ0v) is 12.8. The van der Waals surface area contributed by atoms with Crippen LogP contribution in [-0.4, -0.2) is 17.4 Å². The van der Waals surface area contributed by atoms with Crippen LogP contribution >= 0.6 is 15.9 Å². The molecule has 0 atom stereocenters. The Kier molecular flexibility index (Phi) is 5.01. The van der Waals surface area contributed by atoms with E-state index in [1.807, 2.05) is 6.07 Å². The summed E-state index contributed by atoms with van der Waals surface area (Å²) in [7, 11) is 0. The van der Waals surface area contributed by atoms with Crippen molar-refractivity contribution < 1.29 is 9.21 Å². The fourth-order valence-corrected chi connectivity index (χ4v) is 2.46. The Morgan fingerprint density at radius 3 is 2.86 bits per heavy atom. The molecule has 0 saturated carbocycles. The van der Waals surface area contributed by atoms with E-state index >= 15 is 0 Å². The zero-order chi connectivity index (χ0) is 15.2. The van der Waals surface area contributed by atoms with Gasteiger partial charge in [0.1, 0.15) is 5.76 Å². The van der Waals surface area contributed by atoms with E-state index in [9.17, 15) is 4.79 Å². The molecule has 0 aliphatic heterocycles. The van der Waals surface area contributed by atoms with Crippen molar-refractivity contribution in [1.29, 1.82) is 5.26 Å². The summed E-state index contributed by atoms with van der Waals surface area (Å²) in [4.78, 5) is 14.2. The van der Waals surface area contributed by atoms with E-state index in [4.69, 9.17) is 15.4 Å². The minimum atomic E-state index is -0.186. The standard InChI is InChI=1S/C15H14BrN3O2/c16-12-7-11(8-13(18)9-12)15(20)19(5-2-4-17)10-14-3-1-6-21-14/h1,3,6-9H,2,5,10,18H2. The molecule has 2 N–H and O–H groups in total. The van der Waals surface area contributed by atoms with Gasteiger partial charge >= 0.3 is 0 Å². The molecule has 0 unspecified atom stereocenters. The van der Waals surface area contributed by atoms with Crippen molar-refractivity contribution in [3.05, 3.63) is 52.4 Å². The Labute approximate surface area is 131 Å². The maximum absolute atomic E-state index is 12.6. The number of furan rings is 1. The molecule has 21 heavy (non-hydrogen) atoms. The topological polar surface area (TPSA) is 83.3 Å². The first-order valence-electron chi connectivity index (χ1n) is 6.35. The van der Waals surface area contributed by atoms with Crippen molar-refractivity contribution in [1.82, 2.24) is 4.90 Å².